The Morgan fingerprint density at radius 3 is 2.26 bits per heavy atom. The fraction of sp³-hybridized carbons (Fsp3) is 0.400. The van der Waals surface area contributed by atoms with Crippen LogP contribution in [0.5, 0.6) is 5.75 Å². The Balaban J connectivity index is 1.81. The van der Waals surface area contributed by atoms with Crippen molar-refractivity contribution in [3.05, 3.63) is 29.3 Å². The molecule has 7 nitrogen and oxygen atoms in total. The Labute approximate surface area is 139 Å². The van der Waals surface area contributed by atoms with E-state index in [0.717, 1.165) is 9.80 Å². The van der Waals surface area contributed by atoms with Crippen molar-refractivity contribution in [2.24, 2.45) is 0 Å². The van der Waals surface area contributed by atoms with E-state index in [4.69, 9.17) is 16.3 Å². The zero-order valence-corrected chi connectivity index (χ0v) is 13.7. The monoisotopic (exact) mass is 339 g/mol. The van der Waals surface area contributed by atoms with Crippen molar-refractivity contribution in [1.82, 2.24) is 14.7 Å². The summed E-state index contributed by atoms with van der Waals surface area (Å²) in [5.74, 6) is -0.880. The first-order valence-electron chi connectivity index (χ1n) is 7.18. The lowest BCUT2D eigenvalue weighted by atomic mass is 10.3. The largest absolute Gasteiger partial charge is 0.492 e. The average Bonchev–Trinajstić information content (AvgIpc) is 2.73. The highest BCUT2D eigenvalue weighted by Gasteiger charge is 2.43. The summed E-state index contributed by atoms with van der Waals surface area (Å²) in [6, 6.07) is 6.40. The van der Waals surface area contributed by atoms with E-state index >= 15 is 0 Å². The molecule has 0 N–H and O–H groups in total. The molecule has 23 heavy (non-hydrogen) atoms. The van der Waals surface area contributed by atoms with Gasteiger partial charge < -0.3 is 4.74 Å². The molecule has 1 aromatic rings. The highest BCUT2D eigenvalue weighted by atomic mass is 35.5. The fourth-order valence-electron chi connectivity index (χ4n) is 2.12. The van der Waals surface area contributed by atoms with Gasteiger partial charge >= 0.3 is 17.8 Å². The zero-order valence-electron chi connectivity index (χ0n) is 13.0. The smallest absolute Gasteiger partial charge is 0.335 e. The number of hydrogen-bond acceptors (Lipinski definition) is 5. The van der Waals surface area contributed by atoms with E-state index in [2.05, 4.69) is 0 Å². The van der Waals surface area contributed by atoms with Crippen molar-refractivity contribution in [3.63, 3.8) is 0 Å². The number of benzene rings is 1. The number of nitrogens with zero attached hydrogens (tertiary/aromatic N) is 3. The van der Waals surface area contributed by atoms with Crippen LogP contribution in [-0.4, -0.2) is 66.0 Å². The molecule has 1 aliphatic heterocycles. The zero-order chi connectivity index (χ0) is 17.0. The molecule has 4 amide bonds. The normalized spacial score (nSPS) is 15.0. The van der Waals surface area contributed by atoms with Gasteiger partial charge in [-0.05, 0) is 38.2 Å². The van der Waals surface area contributed by atoms with Gasteiger partial charge in [0.2, 0.25) is 0 Å². The van der Waals surface area contributed by atoms with Gasteiger partial charge in [0.15, 0.2) is 0 Å². The summed E-state index contributed by atoms with van der Waals surface area (Å²) in [4.78, 5) is 39.0. The summed E-state index contributed by atoms with van der Waals surface area (Å²) in [5, 5.41) is 0.630. The molecule has 1 aliphatic rings. The third-order valence-corrected chi connectivity index (χ3v) is 3.64. The van der Waals surface area contributed by atoms with E-state index in [1.807, 2.05) is 0 Å². The molecule has 1 heterocycles. The Morgan fingerprint density at radius 2 is 1.70 bits per heavy atom. The summed E-state index contributed by atoms with van der Waals surface area (Å²) < 4.78 is 5.55. The summed E-state index contributed by atoms with van der Waals surface area (Å²) in [6.45, 7) is 2.74. The van der Waals surface area contributed by atoms with Crippen LogP contribution < -0.4 is 4.74 Å². The van der Waals surface area contributed by atoms with Gasteiger partial charge in [-0.2, -0.15) is 0 Å². The lowest BCUT2D eigenvalue weighted by Gasteiger charge is -2.22. The van der Waals surface area contributed by atoms with Crippen LogP contribution in [0.25, 0.3) is 0 Å². The molecule has 0 bridgehead atoms. The minimum atomic E-state index is -0.790. The van der Waals surface area contributed by atoms with Gasteiger partial charge in [0.25, 0.3) is 0 Å². The van der Waals surface area contributed by atoms with E-state index in [-0.39, 0.29) is 13.2 Å². The summed E-state index contributed by atoms with van der Waals surface area (Å²) >= 11 is 5.79. The summed E-state index contributed by atoms with van der Waals surface area (Å²) in [6.07, 6.45) is 0. The Kier molecular flexibility index (Phi) is 5.57. The SMILES string of the molecule is CCN1C(=O)C(=O)N(CN(C)CCOc2ccc(Cl)cc2)C1=O. The van der Waals surface area contributed by atoms with Crippen LogP contribution in [0, 0.1) is 0 Å². The first-order chi connectivity index (χ1) is 10.9. The minimum absolute atomic E-state index is 0.0455. The van der Waals surface area contributed by atoms with Gasteiger partial charge in [0.1, 0.15) is 12.4 Å². The molecular formula is C15H18ClN3O4. The van der Waals surface area contributed by atoms with Crippen LogP contribution in [-0.2, 0) is 9.59 Å². The van der Waals surface area contributed by atoms with E-state index in [0.29, 0.717) is 23.9 Å². The number of halogens is 1. The Morgan fingerprint density at radius 1 is 1.09 bits per heavy atom. The fourth-order valence-corrected chi connectivity index (χ4v) is 2.24. The van der Waals surface area contributed by atoms with Gasteiger partial charge in [-0.25, -0.2) is 9.69 Å². The maximum Gasteiger partial charge on any atom is 0.335 e. The van der Waals surface area contributed by atoms with Crippen LogP contribution >= 0.6 is 11.6 Å². The Bertz CT molecular complexity index is 605. The van der Waals surface area contributed by atoms with Gasteiger partial charge in [0, 0.05) is 18.1 Å². The predicted molar refractivity (Wildman–Crippen MR) is 84.1 cm³/mol. The van der Waals surface area contributed by atoms with E-state index < -0.39 is 17.8 Å². The van der Waals surface area contributed by atoms with Gasteiger partial charge in [-0.15, -0.1) is 0 Å². The minimum Gasteiger partial charge on any atom is -0.492 e. The molecule has 0 saturated carbocycles. The van der Waals surface area contributed by atoms with Crippen LogP contribution in [0.1, 0.15) is 6.92 Å². The predicted octanol–water partition coefficient (Wildman–Crippen LogP) is 1.42. The van der Waals surface area contributed by atoms with E-state index in [1.165, 1.54) is 0 Å². The van der Waals surface area contributed by atoms with Crippen LogP contribution in [0.2, 0.25) is 5.02 Å². The van der Waals surface area contributed by atoms with Gasteiger partial charge in [-0.3, -0.25) is 19.4 Å². The lowest BCUT2D eigenvalue weighted by Crippen LogP contribution is -2.42. The quantitative estimate of drug-likeness (QED) is 0.555. The maximum atomic E-state index is 12.0. The first kappa shape index (κ1) is 17.2. The number of carbonyl (C=O) groups excluding carboxylic acids is 3. The molecule has 0 unspecified atom stereocenters. The highest BCUT2D eigenvalue weighted by molar-refractivity contribution is 6.44. The molecule has 1 aromatic carbocycles. The molecule has 2 rings (SSSR count). The molecule has 0 aromatic heterocycles. The molecule has 8 heteroatoms. The van der Waals surface area contributed by atoms with Crippen molar-refractivity contribution in [2.45, 2.75) is 6.92 Å². The van der Waals surface area contributed by atoms with Crippen molar-refractivity contribution < 1.29 is 19.1 Å². The number of imide groups is 2. The lowest BCUT2D eigenvalue weighted by molar-refractivity contribution is -0.143. The summed E-state index contributed by atoms with van der Waals surface area (Å²) in [7, 11) is 1.74. The standard InChI is InChI=1S/C15H18ClN3O4/c1-3-18-13(20)14(21)19(15(18)22)10-17(2)8-9-23-12-6-4-11(16)5-7-12/h4-7H,3,8-10H2,1-2H3. The number of carbonyl (C=O) groups is 3. The Hall–Kier alpha value is -2.12. The molecule has 0 radical (unpaired) electrons. The van der Waals surface area contributed by atoms with E-state index in [9.17, 15) is 14.4 Å². The van der Waals surface area contributed by atoms with Crippen molar-refractivity contribution >= 4 is 29.4 Å². The van der Waals surface area contributed by atoms with E-state index in [1.54, 1.807) is 43.1 Å². The van der Waals surface area contributed by atoms with Crippen molar-refractivity contribution in [1.29, 1.82) is 0 Å². The molecule has 1 fully saturated rings. The second-order valence-electron chi connectivity index (χ2n) is 5.09. The molecule has 1 saturated heterocycles. The van der Waals surface area contributed by atoms with Crippen molar-refractivity contribution in [2.75, 3.05) is 33.4 Å². The number of amides is 4. The number of rotatable bonds is 7. The first-order valence-corrected chi connectivity index (χ1v) is 7.56. The second-order valence-corrected chi connectivity index (χ2v) is 5.53. The molecular weight excluding hydrogens is 322 g/mol. The molecule has 0 atom stereocenters. The van der Waals surface area contributed by atoms with Crippen LogP contribution in [0.15, 0.2) is 24.3 Å². The number of likely N-dealkylation sites (N-methyl/N-ethyl adjacent to an activating group) is 2. The number of urea groups is 1. The third kappa shape index (κ3) is 4.00. The maximum absolute atomic E-state index is 12.0. The van der Waals surface area contributed by atoms with Crippen LogP contribution in [0.4, 0.5) is 4.79 Å². The number of hydrogen-bond donors (Lipinski definition) is 0. The van der Waals surface area contributed by atoms with Crippen LogP contribution in [0.3, 0.4) is 0 Å². The summed E-state index contributed by atoms with van der Waals surface area (Å²) in [5.41, 5.74) is 0. The molecule has 0 aliphatic carbocycles. The second kappa shape index (κ2) is 7.43. The third-order valence-electron chi connectivity index (χ3n) is 3.39. The molecule has 124 valence electrons. The highest BCUT2D eigenvalue weighted by Crippen LogP contribution is 2.15. The van der Waals surface area contributed by atoms with Crippen molar-refractivity contribution in [3.8, 4) is 5.75 Å². The van der Waals surface area contributed by atoms with Gasteiger partial charge in [-0.1, -0.05) is 11.6 Å². The topological polar surface area (TPSA) is 70.2 Å². The molecule has 0 spiro atoms. The average molecular weight is 340 g/mol. The number of ether oxygens (including phenoxy) is 1. The van der Waals surface area contributed by atoms with Gasteiger partial charge in [0.05, 0.1) is 6.67 Å².